The van der Waals surface area contributed by atoms with E-state index in [0.29, 0.717) is 0 Å². The summed E-state index contributed by atoms with van der Waals surface area (Å²) in [5.74, 6) is 1.52. The molecule has 0 fully saturated rings. The largest absolute Gasteiger partial charge is 0.456 e. The Balaban J connectivity index is 2.19. The quantitative estimate of drug-likeness (QED) is 0.619. The van der Waals surface area contributed by atoms with Crippen molar-refractivity contribution in [3.8, 4) is 5.75 Å². The van der Waals surface area contributed by atoms with Crippen molar-refractivity contribution < 1.29 is 4.74 Å². The first-order valence-electron chi connectivity index (χ1n) is 4.62. The van der Waals surface area contributed by atoms with Gasteiger partial charge in [-0.15, -0.1) is 12.6 Å². The summed E-state index contributed by atoms with van der Waals surface area (Å²) in [6.07, 6.45) is 4.59. The first-order valence-corrected chi connectivity index (χ1v) is 5.48. The zero-order chi connectivity index (χ0) is 10.7. The van der Waals surface area contributed by atoms with E-state index in [1.807, 2.05) is 42.5 Å². The van der Waals surface area contributed by atoms with Crippen molar-refractivity contribution in [2.75, 3.05) is 0 Å². The summed E-state index contributed by atoms with van der Waals surface area (Å²) in [6.45, 7) is 0. The highest BCUT2D eigenvalue weighted by Crippen LogP contribution is 2.24. The van der Waals surface area contributed by atoms with Crippen molar-refractivity contribution in [2.24, 2.45) is 0 Å². The van der Waals surface area contributed by atoms with Crippen molar-refractivity contribution in [1.29, 1.82) is 0 Å². The van der Waals surface area contributed by atoms with Gasteiger partial charge in [0.2, 0.25) is 0 Å². The second-order valence-electron chi connectivity index (χ2n) is 3.18. The molecule has 3 heteroatoms. The lowest BCUT2D eigenvalue weighted by Gasteiger charge is -2.13. The summed E-state index contributed by atoms with van der Waals surface area (Å²) < 4.78 is 5.67. The molecule has 0 amide bonds. The summed E-state index contributed by atoms with van der Waals surface area (Å²) in [4.78, 5) is 1.71. The Morgan fingerprint density at radius 1 is 1.20 bits per heavy atom. The van der Waals surface area contributed by atoms with E-state index >= 15 is 0 Å². The molecule has 0 saturated carbocycles. The highest BCUT2D eigenvalue weighted by Gasteiger charge is 2.10. The van der Waals surface area contributed by atoms with Gasteiger partial charge in [-0.25, -0.2) is 0 Å². The first kappa shape index (κ1) is 10.5. The van der Waals surface area contributed by atoms with Gasteiger partial charge in [-0.2, -0.15) is 0 Å². The van der Waals surface area contributed by atoms with Crippen LogP contribution in [0.1, 0.15) is 6.42 Å². The van der Waals surface area contributed by atoms with Gasteiger partial charge in [0.25, 0.3) is 0 Å². The number of thiol groups is 1. The molecule has 0 radical (unpaired) electrons. The maximum absolute atomic E-state index is 5.67. The Kier molecular flexibility index (Phi) is 3.23. The third-order valence-electron chi connectivity index (χ3n) is 2.01. The molecule has 1 aromatic carbocycles. The van der Waals surface area contributed by atoms with Crippen LogP contribution < -0.4 is 4.74 Å². The summed E-state index contributed by atoms with van der Waals surface area (Å²) >= 11 is 9.45. The minimum absolute atomic E-state index is 0.723. The van der Waals surface area contributed by atoms with Crippen molar-refractivity contribution in [2.45, 2.75) is 6.42 Å². The molecule has 2 rings (SSSR count). The maximum Gasteiger partial charge on any atom is 0.141 e. The molecule has 1 aliphatic carbocycles. The van der Waals surface area contributed by atoms with Crippen LogP contribution >= 0.6 is 24.8 Å². The number of para-hydroxylation sites is 1. The van der Waals surface area contributed by atoms with Crippen LogP contribution in [0.15, 0.2) is 53.1 Å². The number of benzene rings is 1. The Morgan fingerprint density at radius 3 is 2.67 bits per heavy atom. The fraction of sp³-hybridized carbons (Fsp3) is 0.0833. The molecule has 76 valence electrons. The lowest BCUT2D eigenvalue weighted by atomic mass is 10.1. The van der Waals surface area contributed by atoms with Crippen LogP contribution in [0.25, 0.3) is 0 Å². The van der Waals surface area contributed by atoms with Gasteiger partial charge < -0.3 is 4.74 Å². The van der Waals surface area contributed by atoms with Crippen molar-refractivity contribution in [3.63, 3.8) is 0 Å². The Bertz CT molecular complexity index is 432. The molecule has 0 aliphatic heterocycles. The van der Waals surface area contributed by atoms with Gasteiger partial charge >= 0.3 is 0 Å². The van der Waals surface area contributed by atoms with Crippen molar-refractivity contribution in [1.82, 2.24) is 0 Å². The number of rotatable bonds is 2. The van der Waals surface area contributed by atoms with Crippen LogP contribution in [0.3, 0.4) is 0 Å². The van der Waals surface area contributed by atoms with Crippen LogP contribution in [0.5, 0.6) is 5.75 Å². The number of allylic oxidation sites excluding steroid dienone is 2. The van der Waals surface area contributed by atoms with Gasteiger partial charge in [0.05, 0.1) is 0 Å². The second kappa shape index (κ2) is 4.64. The summed E-state index contributed by atoms with van der Waals surface area (Å²) in [7, 11) is 0. The van der Waals surface area contributed by atoms with Gasteiger partial charge in [-0.1, -0.05) is 36.5 Å². The molecular formula is C12H10OS2. The van der Waals surface area contributed by atoms with E-state index in [4.69, 9.17) is 17.0 Å². The van der Waals surface area contributed by atoms with Gasteiger partial charge in [-0.05, 0) is 18.2 Å². The van der Waals surface area contributed by atoms with Gasteiger partial charge in [0, 0.05) is 16.2 Å². The number of hydrogen-bond donors (Lipinski definition) is 1. The molecule has 0 N–H and O–H groups in total. The molecule has 15 heavy (non-hydrogen) atoms. The van der Waals surface area contributed by atoms with E-state index in [9.17, 15) is 0 Å². The normalized spacial score (nSPS) is 15.7. The Morgan fingerprint density at radius 2 is 1.93 bits per heavy atom. The van der Waals surface area contributed by atoms with E-state index in [2.05, 4.69) is 12.6 Å². The van der Waals surface area contributed by atoms with Crippen molar-refractivity contribution >= 4 is 29.7 Å². The highest BCUT2D eigenvalue weighted by molar-refractivity contribution is 7.84. The van der Waals surface area contributed by atoms with Crippen LogP contribution in [-0.2, 0) is 0 Å². The average molecular weight is 234 g/mol. The lowest BCUT2D eigenvalue weighted by molar-refractivity contribution is 0.442. The molecule has 0 aromatic heterocycles. The number of ether oxygens (including phenoxy) is 1. The van der Waals surface area contributed by atoms with E-state index < -0.39 is 0 Å². The molecule has 0 unspecified atom stereocenters. The minimum atomic E-state index is 0.723. The van der Waals surface area contributed by atoms with Gasteiger partial charge in [0.15, 0.2) is 0 Å². The predicted octanol–water partition coefficient (Wildman–Crippen LogP) is 3.54. The molecule has 0 atom stereocenters. The fourth-order valence-electron chi connectivity index (χ4n) is 1.27. The minimum Gasteiger partial charge on any atom is -0.456 e. The second-order valence-corrected chi connectivity index (χ2v) is 4.19. The van der Waals surface area contributed by atoms with E-state index in [1.165, 1.54) is 0 Å². The van der Waals surface area contributed by atoms with Crippen LogP contribution in [-0.4, -0.2) is 4.86 Å². The predicted molar refractivity (Wildman–Crippen MR) is 69.4 cm³/mol. The molecule has 1 nitrogen and oxygen atoms in total. The molecule has 1 aliphatic rings. The molecule has 0 heterocycles. The topological polar surface area (TPSA) is 9.23 Å². The molecule has 0 saturated heterocycles. The SMILES string of the molecule is S=C1C=C(Oc2ccccc2)C(S)=CC1. The summed E-state index contributed by atoms with van der Waals surface area (Å²) in [5.41, 5.74) is 0. The van der Waals surface area contributed by atoms with E-state index in [1.54, 1.807) is 0 Å². The summed E-state index contributed by atoms with van der Waals surface area (Å²) in [5, 5.41) is 0. The Hall–Kier alpha value is -1.06. The van der Waals surface area contributed by atoms with Crippen LogP contribution in [0, 0.1) is 0 Å². The highest BCUT2D eigenvalue weighted by atomic mass is 32.1. The number of thiocarbonyl (C=S) groups is 1. The lowest BCUT2D eigenvalue weighted by Crippen LogP contribution is -2.04. The van der Waals surface area contributed by atoms with Crippen LogP contribution in [0.2, 0.25) is 0 Å². The smallest absolute Gasteiger partial charge is 0.141 e. The zero-order valence-corrected chi connectivity index (χ0v) is 9.72. The monoisotopic (exact) mass is 234 g/mol. The van der Waals surface area contributed by atoms with Crippen molar-refractivity contribution in [3.05, 3.63) is 53.1 Å². The third-order valence-corrected chi connectivity index (χ3v) is 2.70. The zero-order valence-electron chi connectivity index (χ0n) is 8.01. The van der Waals surface area contributed by atoms with E-state index in [0.717, 1.165) is 27.7 Å². The molecule has 0 spiro atoms. The van der Waals surface area contributed by atoms with Gasteiger partial charge in [-0.3, -0.25) is 0 Å². The number of hydrogen-bond acceptors (Lipinski definition) is 3. The molecule has 0 bridgehead atoms. The average Bonchev–Trinajstić information content (AvgIpc) is 2.25. The van der Waals surface area contributed by atoms with Crippen LogP contribution in [0.4, 0.5) is 0 Å². The third kappa shape index (κ3) is 2.70. The molecule has 1 aromatic rings. The maximum atomic E-state index is 5.67. The standard InChI is InChI=1S/C12H10OS2/c14-10-6-7-12(15)11(8-10)13-9-4-2-1-3-5-9/h1-5,7-8,15H,6H2. The summed E-state index contributed by atoms with van der Waals surface area (Å²) in [6, 6.07) is 9.61. The fourth-order valence-corrected chi connectivity index (χ4v) is 1.67. The first-order chi connectivity index (χ1) is 7.25. The van der Waals surface area contributed by atoms with Gasteiger partial charge in [0.1, 0.15) is 11.5 Å². The van der Waals surface area contributed by atoms with E-state index in [-0.39, 0.29) is 0 Å². The Labute approximate surface area is 99.9 Å². The molecular weight excluding hydrogens is 224 g/mol.